The molecule has 3 aromatic carbocycles. The second kappa shape index (κ2) is 8.58. The van der Waals surface area contributed by atoms with Crippen LogP contribution in [0.25, 0.3) is 10.8 Å². The van der Waals surface area contributed by atoms with Crippen LogP contribution in [-0.4, -0.2) is 18.1 Å². The molecule has 0 fully saturated rings. The molecule has 0 aliphatic rings. The molecule has 4 heteroatoms. The highest BCUT2D eigenvalue weighted by atomic mass is 16.5. The Morgan fingerprint density at radius 2 is 1.59 bits per heavy atom. The Kier molecular flexibility index (Phi) is 5.97. The fraction of sp³-hybridized carbons (Fsp3) is 0.261. The van der Waals surface area contributed by atoms with Crippen LogP contribution in [0.4, 0.5) is 0 Å². The van der Waals surface area contributed by atoms with Crippen molar-refractivity contribution in [2.45, 2.75) is 39.5 Å². The maximum Gasteiger partial charge on any atom is 0.261 e. The van der Waals surface area contributed by atoms with Crippen LogP contribution in [0.1, 0.15) is 26.3 Å². The van der Waals surface area contributed by atoms with E-state index in [9.17, 15) is 4.79 Å². The van der Waals surface area contributed by atoms with Gasteiger partial charge in [0.2, 0.25) is 0 Å². The van der Waals surface area contributed by atoms with Crippen molar-refractivity contribution in [2.24, 2.45) is 0 Å². The van der Waals surface area contributed by atoms with Crippen LogP contribution in [0.15, 0.2) is 66.7 Å². The predicted molar refractivity (Wildman–Crippen MR) is 108 cm³/mol. The lowest BCUT2D eigenvalue weighted by Gasteiger charge is -2.16. The molecule has 0 aromatic heterocycles. The molecular weight excluding hydrogens is 338 g/mol. The molecule has 0 aliphatic carbocycles. The zero-order valence-electron chi connectivity index (χ0n) is 15.9. The van der Waals surface area contributed by atoms with Crippen LogP contribution in [0.2, 0.25) is 0 Å². The van der Waals surface area contributed by atoms with E-state index in [1.165, 1.54) is 0 Å². The first-order chi connectivity index (χ1) is 13.0. The molecule has 140 valence electrons. The van der Waals surface area contributed by atoms with Crippen molar-refractivity contribution in [3.05, 3.63) is 72.3 Å². The summed E-state index contributed by atoms with van der Waals surface area (Å²) in [5.74, 6) is 1.33. The third-order valence-corrected chi connectivity index (χ3v) is 4.14. The maximum atomic E-state index is 12.4. The zero-order valence-corrected chi connectivity index (χ0v) is 15.9. The lowest BCUT2D eigenvalue weighted by atomic mass is 10.1. The summed E-state index contributed by atoms with van der Waals surface area (Å²) < 4.78 is 11.5. The van der Waals surface area contributed by atoms with Crippen molar-refractivity contribution in [3.8, 4) is 11.5 Å². The molecular formula is C23H25NO3. The Balaban J connectivity index is 1.57. The molecule has 3 rings (SSSR count). The second-order valence-electron chi connectivity index (χ2n) is 6.80. The van der Waals surface area contributed by atoms with Gasteiger partial charge in [0.25, 0.3) is 5.91 Å². The number of rotatable bonds is 7. The summed E-state index contributed by atoms with van der Waals surface area (Å²) in [5.41, 5.74) is 0.986. The lowest BCUT2D eigenvalue weighted by molar-refractivity contribution is -0.127. The standard InChI is InChI=1S/C23H25NO3/c1-16(2)26-21-10-6-7-18(13-21)15-24-23(25)17(3)27-22-12-11-19-8-4-5-9-20(19)14-22/h4-14,16-17H,15H2,1-3H3,(H,24,25). The second-order valence-corrected chi connectivity index (χ2v) is 6.80. The summed E-state index contributed by atoms with van der Waals surface area (Å²) in [5, 5.41) is 5.15. The molecule has 3 aromatic rings. The smallest absolute Gasteiger partial charge is 0.261 e. The van der Waals surface area contributed by atoms with E-state index in [4.69, 9.17) is 9.47 Å². The van der Waals surface area contributed by atoms with Gasteiger partial charge in [-0.1, -0.05) is 42.5 Å². The van der Waals surface area contributed by atoms with Gasteiger partial charge in [-0.15, -0.1) is 0 Å². The number of fused-ring (bicyclic) bond motifs is 1. The normalized spacial score (nSPS) is 12.0. The molecule has 0 aliphatic heterocycles. The van der Waals surface area contributed by atoms with Crippen molar-refractivity contribution >= 4 is 16.7 Å². The van der Waals surface area contributed by atoms with Gasteiger partial charge in [-0.05, 0) is 61.4 Å². The topological polar surface area (TPSA) is 47.6 Å². The molecule has 0 spiro atoms. The molecule has 4 nitrogen and oxygen atoms in total. The van der Waals surface area contributed by atoms with Crippen LogP contribution >= 0.6 is 0 Å². The molecule has 0 saturated heterocycles. The average Bonchev–Trinajstić information content (AvgIpc) is 2.65. The van der Waals surface area contributed by atoms with Gasteiger partial charge in [-0.3, -0.25) is 4.79 Å². The first-order valence-corrected chi connectivity index (χ1v) is 9.20. The van der Waals surface area contributed by atoms with E-state index < -0.39 is 6.10 Å². The predicted octanol–water partition coefficient (Wildman–Crippen LogP) is 4.71. The number of carbonyl (C=O) groups is 1. The van der Waals surface area contributed by atoms with Gasteiger partial charge >= 0.3 is 0 Å². The molecule has 1 amide bonds. The SMILES string of the molecule is CC(C)Oc1cccc(CNC(=O)C(C)Oc2ccc3ccccc3c2)c1. The van der Waals surface area contributed by atoms with Crippen LogP contribution in [0.5, 0.6) is 11.5 Å². The number of carbonyl (C=O) groups excluding carboxylic acids is 1. The molecule has 1 unspecified atom stereocenters. The first-order valence-electron chi connectivity index (χ1n) is 9.20. The zero-order chi connectivity index (χ0) is 19.2. The molecule has 0 bridgehead atoms. The third kappa shape index (κ3) is 5.23. The minimum absolute atomic E-state index is 0.116. The number of ether oxygens (including phenoxy) is 2. The van der Waals surface area contributed by atoms with E-state index in [1.807, 2.05) is 80.6 Å². The fourth-order valence-corrected chi connectivity index (χ4v) is 2.83. The van der Waals surface area contributed by atoms with Crippen LogP contribution in [0, 0.1) is 0 Å². The van der Waals surface area contributed by atoms with Crippen LogP contribution < -0.4 is 14.8 Å². The van der Waals surface area contributed by atoms with E-state index >= 15 is 0 Å². The van der Waals surface area contributed by atoms with E-state index in [0.29, 0.717) is 12.3 Å². The molecule has 0 radical (unpaired) electrons. The largest absolute Gasteiger partial charge is 0.491 e. The third-order valence-electron chi connectivity index (χ3n) is 4.14. The van der Waals surface area contributed by atoms with E-state index in [-0.39, 0.29) is 12.0 Å². The average molecular weight is 363 g/mol. The number of nitrogens with one attached hydrogen (secondary N) is 1. The van der Waals surface area contributed by atoms with Crippen LogP contribution in [0.3, 0.4) is 0 Å². The molecule has 0 heterocycles. The first kappa shape index (κ1) is 18.8. The minimum atomic E-state index is -0.582. The lowest BCUT2D eigenvalue weighted by Crippen LogP contribution is -2.35. The molecule has 1 atom stereocenters. The monoisotopic (exact) mass is 363 g/mol. The Morgan fingerprint density at radius 1 is 0.852 bits per heavy atom. The van der Waals surface area contributed by atoms with Crippen molar-refractivity contribution in [3.63, 3.8) is 0 Å². The van der Waals surface area contributed by atoms with Gasteiger partial charge in [0.1, 0.15) is 11.5 Å². The summed E-state index contributed by atoms with van der Waals surface area (Å²) in [6, 6.07) is 21.6. The van der Waals surface area contributed by atoms with Gasteiger partial charge in [0, 0.05) is 6.54 Å². The Bertz CT molecular complexity index is 920. The Hall–Kier alpha value is -3.01. The highest BCUT2D eigenvalue weighted by molar-refractivity contribution is 5.84. The minimum Gasteiger partial charge on any atom is -0.491 e. The number of hydrogen-bond acceptors (Lipinski definition) is 3. The maximum absolute atomic E-state index is 12.4. The number of benzene rings is 3. The van der Waals surface area contributed by atoms with Gasteiger partial charge in [0.05, 0.1) is 6.10 Å². The Labute approximate surface area is 160 Å². The Morgan fingerprint density at radius 3 is 2.37 bits per heavy atom. The van der Waals surface area contributed by atoms with E-state index in [2.05, 4.69) is 5.32 Å². The summed E-state index contributed by atoms with van der Waals surface area (Å²) >= 11 is 0. The summed E-state index contributed by atoms with van der Waals surface area (Å²) in [7, 11) is 0. The fourth-order valence-electron chi connectivity index (χ4n) is 2.83. The van der Waals surface area contributed by atoms with Crippen LogP contribution in [-0.2, 0) is 11.3 Å². The molecule has 1 N–H and O–H groups in total. The van der Waals surface area contributed by atoms with Gasteiger partial charge in [0.15, 0.2) is 6.10 Å². The summed E-state index contributed by atoms with van der Waals surface area (Å²) in [6.07, 6.45) is -0.466. The van der Waals surface area contributed by atoms with Gasteiger partial charge in [-0.2, -0.15) is 0 Å². The molecule has 0 saturated carbocycles. The van der Waals surface area contributed by atoms with Gasteiger partial charge < -0.3 is 14.8 Å². The summed E-state index contributed by atoms with van der Waals surface area (Å²) in [4.78, 5) is 12.4. The molecule has 27 heavy (non-hydrogen) atoms. The highest BCUT2D eigenvalue weighted by Gasteiger charge is 2.14. The van der Waals surface area contributed by atoms with Crippen molar-refractivity contribution < 1.29 is 14.3 Å². The van der Waals surface area contributed by atoms with Crippen molar-refractivity contribution in [1.29, 1.82) is 0 Å². The van der Waals surface area contributed by atoms with E-state index in [1.54, 1.807) is 6.92 Å². The van der Waals surface area contributed by atoms with Crippen molar-refractivity contribution in [2.75, 3.05) is 0 Å². The highest BCUT2D eigenvalue weighted by Crippen LogP contribution is 2.21. The quantitative estimate of drug-likeness (QED) is 0.661. The number of hydrogen-bond donors (Lipinski definition) is 1. The van der Waals surface area contributed by atoms with E-state index in [0.717, 1.165) is 22.1 Å². The summed E-state index contributed by atoms with van der Waals surface area (Å²) in [6.45, 7) is 6.16. The number of amides is 1. The van der Waals surface area contributed by atoms with Gasteiger partial charge in [-0.25, -0.2) is 0 Å². The van der Waals surface area contributed by atoms with Crippen molar-refractivity contribution in [1.82, 2.24) is 5.32 Å².